The predicted molar refractivity (Wildman–Crippen MR) is 114 cm³/mol. The Morgan fingerprint density at radius 2 is 1.79 bits per heavy atom. The first-order chi connectivity index (χ1) is 13.8. The number of nitrogens with one attached hydrogen (secondary N) is 1. The van der Waals surface area contributed by atoms with Crippen LogP contribution < -0.4 is 9.64 Å². The molecule has 2 N–H and O–H groups in total. The van der Waals surface area contributed by atoms with Gasteiger partial charge in [-0.15, -0.1) is 0 Å². The average Bonchev–Trinajstić information content (AvgIpc) is 3.27. The van der Waals surface area contributed by atoms with E-state index in [9.17, 15) is 5.11 Å². The zero-order valence-electron chi connectivity index (χ0n) is 16.3. The lowest BCUT2D eigenvalue weighted by Crippen LogP contribution is -3.10. The minimum Gasteiger partial charge on any atom is -0.507 e. The molecule has 144 valence electrons. The maximum atomic E-state index is 10.4. The molecule has 1 saturated heterocycles. The standard InChI is InChI=1S/C24H26N2O2/c1-28-24-11-5-4-10-20(24)22(26-14-6-7-15-26)17-25-16-21-19-9-3-2-8-18(19)12-13-23(21)27/h2-5,8-13,16,22,27H,6-7,14-15,17H2,1H3/p+1/t22-/m0/s1. The molecule has 4 nitrogen and oxygen atoms in total. The molecule has 0 radical (unpaired) electrons. The Bertz CT molecular complexity index is 977. The van der Waals surface area contributed by atoms with Crippen LogP contribution in [-0.4, -0.2) is 38.1 Å². The van der Waals surface area contributed by atoms with Crippen molar-refractivity contribution >= 4 is 17.0 Å². The Balaban J connectivity index is 1.64. The number of para-hydroxylation sites is 1. The van der Waals surface area contributed by atoms with E-state index in [1.807, 2.05) is 42.6 Å². The van der Waals surface area contributed by atoms with Crippen LogP contribution in [0.5, 0.6) is 11.5 Å². The Kier molecular flexibility index (Phi) is 5.58. The number of quaternary nitrogens is 1. The second kappa shape index (κ2) is 8.44. The molecule has 1 heterocycles. The Hall–Kier alpha value is -2.85. The molecular formula is C24H27N2O2+. The number of nitrogens with zero attached hydrogens (tertiary/aromatic N) is 1. The first-order valence-electron chi connectivity index (χ1n) is 9.96. The molecule has 0 amide bonds. The summed E-state index contributed by atoms with van der Waals surface area (Å²) in [6, 6.07) is 20.3. The van der Waals surface area contributed by atoms with Gasteiger partial charge in [0.1, 0.15) is 17.5 Å². The fourth-order valence-corrected chi connectivity index (χ4v) is 4.25. The van der Waals surface area contributed by atoms with E-state index in [4.69, 9.17) is 9.73 Å². The van der Waals surface area contributed by atoms with E-state index in [0.717, 1.165) is 35.2 Å². The molecule has 0 aliphatic carbocycles. The molecule has 1 atom stereocenters. The van der Waals surface area contributed by atoms with Gasteiger partial charge in [0, 0.05) is 24.6 Å². The van der Waals surface area contributed by atoms with Gasteiger partial charge in [0.05, 0.1) is 32.3 Å². The second-order valence-corrected chi connectivity index (χ2v) is 7.37. The van der Waals surface area contributed by atoms with Gasteiger partial charge in [0.15, 0.2) is 0 Å². The number of aliphatic imine (C=N–C) groups is 1. The van der Waals surface area contributed by atoms with Gasteiger partial charge in [-0.25, -0.2) is 0 Å². The molecule has 3 aromatic rings. The third kappa shape index (κ3) is 3.73. The maximum absolute atomic E-state index is 10.4. The van der Waals surface area contributed by atoms with E-state index in [1.54, 1.807) is 18.1 Å². The van der Waals surface area contributed by atoms with E-state index < -0.39 is 0 Å². The summed E-state index contributed by atoms with van der Waals surface area (Å²) in [5, 5.41) is 12.5. The summed E-state index contributed by atoms with van der Waals surface area (Å²) in [5.74, 6) is 1.19. The van der Waals surface area contributed by atoms with Crippen molar-refractivity contribution in [2.45, 2.75) is 18.9 Å². The number of rotatable bonds is 6. The van der Waals surface area contributed by atoms with Crippen LogP contribution >= 0.6 is 0 Å². The SMILES string of the molecule is COc1ccccc1[C@H](CN=Cc1c(O)ccc2ccccc12)[NH+]1CCCC1. The molecular weight excluding hydrogens is 348 g/mol. The summed E-state index contributed by atoms with van der Waals surface area (Å²) in [7, 11) is 1.73. The highest BCUT2D eigenvalue weighted by atomic mass is 16.5. The van der Waals surface area contributed by atoms with Gasteiger partial charge in [0.25, 0.3) is 0 Å². The van der Waals surface area contributed by atoms with Gasteiger partial charge in [-0.3, -0.25) is 4.99 Å². The highest BCUT2D eigenvalue weighted by molar-refractivity contribution is 6.02. The van der Waals surface area contributed by atoms with Crippen LogP contribution in [0.2, 0.25) is 0 Å². The number of likely N-dealkylation sites (tertiary alicyclic amines) is 1. The van der Waals surface area contributed by atoms with Crippen LogP contribution in [0.3, 0.4) is 0 Å². The number of hydrogen-bond donors (Lipinski definition) is 2. The monoisotopic (exact) mass is 375 g/mol. The lowest BCUT2D eigenvalue weighted by Gasteiger charge is -2.25. The van der Waals surface area contributed by atoms with Crippen LogP contribution in [0.1, 0.15) is 30.0 Å². The van der Waals surface area contributed by atoms with Crippen molar-refractivity contribution in [2.75, 3.05) is 26.7 Å². The summed E-state index contributed by atoms with van der Waals surface area (Å²) in [6.07, 6.45) is 4.35. The molecule has 0 aromatic heterocycles. The van der Waals surface area contributed by atoms with Crippen molar-refractivity contribution in [3.05, 3.63) is 71.8 Å². The van der Waals surface area contributed by atoms with Gasteiger partial charge in [-0.1, -0.05) is 42.5 Å². The highest BCUT2D eigenvalue weighted by Crippen LogP contribution is 2.27. The fraction of sp³-hybridized carbons (Fsp3) is 0.292. The van der Waals surface area contributed by atoms with Crippen LogP contribution in [0.15, 0.2) is 65.7 Å². The summed E-state index contributed by atoms with van der Waals surface area (Å²) in [6.45, 7) is 2.99. The number of phenols is 1. The summed E-state index contributed by atoms with van der Waals surface area (Å²) in [5.41, 5.74) is 1.99. The van der Waals surface area contributed by atoms with E-state index in [0.29, 0.717) is 6.54 Å². The second-order valence-electron chi connectivity index (χ2n) is 7.37. The highest BCUT2D eigenvalue weighted by Gasteiger charge is 2.29. The van der Waals surface area contributed by atoms with Crippen molar-refractivity contribution in [1.29, 1.82) is 0 Å². The van der Waals surface area contributed by atoms with Gasteiger partial charge in [-0.2, -0.15) is 0 Å². The predicted octanol–water partition coefficient (Wildman–Crippen LogP) is 3.39. The van der Waals surface area contributed by atoms with Crippen molar-refractivity contribution in [3.63, 3.8) is 0 Å². The summed E-state index contributed by atoms with van der Waals surface area (Å²) < 4.78 is 5.62. The van der Waals surface area contributed by atoms with Crippen molar-refractivity contribution < 1.29 is 14.7 Å². The van der Waals surface area contributed by atoms with Gasteiger partial charge >= 0.3 is 0 Å². The van der Waals surface area contributed by atoms with Crippen LogP contribution in [0.25, 0.3) is 10.8 Å². The van der Waals surface area contributed by atoms with E-state index >= 15 is 0 Å². The number of fused-ring (bicyclic) bond motifs is 1. The van der Waals surface area contributed by atoms with E-state index in [2.05, 4.69) is 18.2 Å². The first kappa shape index (κ1) is 18.5. The molecule has 4 rings (SSSR count). The third-order valence-corrected chi connectivity index (χ3v) is 5.71. The summed E-state index contributed by atoms with van der Waals surface area (Å²) >= 11 is 0. The largest absolute Gasteiger partial charge is 0.507 e. The topological polar surface area (TPSA) is 46.3 Å². The molecule has 0 unspecified atom stereocenters. The summed E-state index contributed by atoms with van der Waals surface area (Å²) in [4.78, 5) is 6.35. The molecule has 0 bridgehead atoms. The van der Waals surface area contributed by atoms with E-state index in [-0.39, 0.29) is 11.8 Å². The lowest BCUT2D eigenvalue weighted by atomic mass is 10.0. The number of hydrogen-bond acceptors (Lipinski definition) is 3. The normalized spacial score (nSPS) is 16.0. The smallest absolute Gasteiger partial charge is 0.136 e. The van der Waals surface area contributed by atoms with Crippen molar-refractivity contribution in [3.8, 4) is 11.5 Å². The number of aromatic hydroxyl groups is 1. The molecule has 1 fully saturated rings. The third-order valence-electron chi connectivity index (χ3n) is 5.71. The lowest BCUT2D eigenvalue weighted by molar-refractivity contribution is -0.918. The van der Waals surface area contributed by atoms with Crippen LogP contribution in [0, 0.1) is 0 Å². The van der Waals surface area contributed by atoms with Crippen LogP contribution in [-0.2, 0) is 0 Å². The van der Waals surface area contributed by atoms with Crippen molar-refractivity contribution in [1.82, 2.24) is 0 Å². The fourth-order valence-electron chi connectivity index (χ4n) is 4.25. The van der Waals surface area contributed by atoms with Gasteiger partial charge in [0.2, 0.25) is 0 Å². The van der Waals surface area contributed by atoms with Crippen LogP contribution in [0.4, 0.5) is 0 Å². The Labute approximate surface area is 166 Å². The maximum Gasteiger partial charge on any atom is 0.136 e. The zero-order chi connectivity index (χ0) is 19.3. The quantitative estimate of drug-likeness (QED) is 0.649. The number of methoxy groups -OCH3 is 1. The molecule has 1 aliphatic rings. The zero-order valence-corrected chi connectivity index (χ0v) is 16.3. The first-order valence-corrected chi connectivity index (χ1v) is 9.96. The molecule has 1 aliphatic heterocycles. The Morgan fingerprint density at radius 3 is 2.61 bits per heavy atom. The molecule has 4 heteroatoms. The van der Waals surface area contributed by atoms with Crippen molar-refractivity contribution in [2.24, 2.45) is 4.99 Å². The number of ether oxygens (including phenoxy) is 1. The number of benzene rings is 3. The minimum atomic E-state index is 0.256. The van der Waals surface area contributed by atoms with Gasteiger partial charge in [-0.05, 0) is 29.0 Å². The van der Waals surface area contributed by atoms with E-state index in [1.165, 1.54) is 18.4 Å². The number of phenolic OH excluding ortho intramolecular Hbond substituents is 1. The molecule has 0 spiro atoms. The average molecular weight is 375 g/mol. The molecule has 28 heavy (non-hydrogen) atoms. The molecule has 0 saturated carbocycles. The van der Waals surface area contributed by atoms with Gasteiger partial charge < -0.3 is 14.7 Å². The molecule has 3 aromatic carbocycles. The minimum absolute atomic E-state index is 0.256. The Morgan fingerprint density at radius 1 is 1.04 bits per heavy atom.